The van der Waals surface area contributed by atoms with Gasteiger partial charge in [0.15, 0.2) is 5.84 Å². The lowest BCUT2D eigenvalue weighted by molar-refractivity contribution is 0.645. The van der Waals surface area contributed by atoms with Gasteiger partial charge in [-0.25, -0.2) is 9.98 Å². The molecule has 0 unspecified atom stereocenters. The summed E-state index contributed by atoms with van der Waals surface area (Å²) in [5.74, 6) is 0.632. The Hall–Kier alpha value is -6.32. The molecule has 0 bridgehead atoms. The molecule has 244 valence electrons. The van der Waals surface area contributed by atoms with Crippen LogP contribution in [0.3, 0.4) is 0 Å². The molecule has 3 nitrogen and oxygen atoms in total. The van der Waals surface area contributed by atoms with Crippen LogP contribution in [0.5, 0.6) is 0 Å². The van der Waals surface area contributed by atoms with Gasteiger partial charge in [0.05, 0.1) is 16.7 Å². The molecule has 8 aromatic rings. The molecule has 1 aliphatic rings. The molecule has 0 fully saturated rings. The fraction of sp³-hybridized carbons (Fsp3) is 0.0833. The first-order valence-corrected chi connectivity index (χ1v) is 17.5. The highest BCUT2D eigenvalue weighted by Gasteiger charge is 2.35. The van der Waals surface area contributed by atoms with Crippen molar-refractivity contribution in [2.45, 2.75) is 26.2 Å². The van der Waals surface area contributed by atoms with Gasteiger partial charge in [-0.3, -0.25) is 0 Å². The minimum absolute atomic E-state index is 0.105. The maximum Gasteiger partial charge on any atom is 0.160 e. The van der Waals surface area contributed by atoms with E-state index in [4.69, 9.17) is 9.98 Å². The Balaban J connectivity index is 1.25. The average Bonchev–Trinajstić information content (AvgIpc) is 3.50. The Bertz CT molecular complexity index is 2730. The summed E-state index contributed by atoms with van der Waals surface area (Å²) in [6.45, 7) is 11.2. The predicted molar refractivity (Wildman–Crippen MR) is 217 cm³/mol. The lowest BCUT2D eigenvalue weighted by Gasteiger charge is -2.35. The van der Waals surface area contributed by atoms with E-state index in [1.165, 1.54) is 54.8 Å². The molecule has 1 aromatic heterocycles. The zero-order chi connectivity index (χ0) is 34.7. The third kappa shape index (κ3) is 4.96. The number of hydrogen-bond acceptors (Lipinski definition) is 1. The summed E-state index contributed by atoms with van der Waals surface area (Å²) in [4.78, 5) is 10.1. The van der Waals surface area contributed by atoms with Crippen molar-refractivity contribution in [1.82, 2.24) is 4.57 Å². The Morgan fingerprint density at radius 2 is 1.22 bits per heavy atom. The quantitative estimate of drug-likeness (QED) is 0.130. The van der Waals surface area contributed by atoms with Crippen LogP contribution < -0.4 is 0 Å². The summed E-state index contributed by atoms with van der Waals surface area (Å²) < 4.78 is 2.41. The van der Waals surface area contributed by atoms with Gasteiger partial charge in [-0.15, -0.1) is 0 Å². The number of para-hydroxylation sites is 1. The van der Waals surface area contributed by atoms with Crippen LogP contribution in [0, 0.1) is 0 Å². The van der Waals surface area contributed by atoms with Crippen LogP contribution in [0.4, 0.5) is 0 Å². The third-order valence-electron chi connectivity index (χ3n) is 10.5. The standard InChI is InChI=1S/C48H37N3/c1-31(33-17-7-5-8-18-33)49-47(34-19-9-6-10-20-34)50-32(2)35-21-15-23-37(29-35)51-42-28-14-12-25-39(42)45-43(51)30-36-22-16-27-41-44(36)46(45)38-24-11-13-26-40(38)48(41,3)4/h5-30H,2H2,1,3-4H3. The lowest BCUT2D eigenvalue weighted by atomic mass is 9.68. The predicted octanol–water partition coefficient (Wildman–Crippen LogP) is 12.2. The summed E-state index contributed by atoms with van der Waals surface area (Å²) in [6.07, 6.45) is 0. The Morgan fingerprint density at radius 3 is 2.02 bits per heavy atom. The number of aliphatic imine (C=N–C) groups is 2. The molecule has 0 atom stereocenters. The van der Waals surface area contributed by atoms with E-state index in [9.17, 15) is 0 Å². The SMILES string of the molecule is C=C(N=C(N=C(C)c1ccccc1)c1ccccc1)c1cccc(-n2c3ccccc3c3c4c5c(cccc5cc32)C(C)(C)c2ccccc2-4)c1. The molecular formula is C48H37N3. The van der Waals surface area contributed by atoms with Crippen LogP contribution in [0.1, 0.15) is 48.6 Å². The van der Waals surface area contributed by atoms with E-state index >= 15 is 0 Å². The van der Waals surface area contributed by atoms with Gasteiger partial charge in [-0.1, -0.05) is 154 Å². The van der Waals surface area contributed by atoms with Gasteiger partial charge >= 0.3 is 0 Å². The second-order valence-electron chi connectivity index (χ2n) is 13.9. The molecule has 51 heavy (non-hydrogen) atoms. The molecule has 3 heteroatoms. The van der Waals surface area contributed by atoms with Gasteiger partial charge in [0, 0.05) is 44.3 Å². The first-order valence-electron chi connectivity index (χ1n) is 17.5. The fourth-order valence-corrected chi connectivity index (χ4v) is 8.02. The van der Waals surface area contributed by atoms with Crippen LogP contribution in [0.25, 0.3) is 55.1 Å². The van der Waals surface area contributed by atoms with Crippen LogP contribution in [0.15, 0.2) is 174 Å². The molecule has 7 aromatic carbocycles. The minimum Gasteiger partial charge on any atom is -0.309 e. The topological polar surface area (TPSA) is 29.6 Å². The molecule has 9 rings (SSSR count). The summed E-state index contributed by atoms with van der Waals surface area (Å²) in [5.41, 5.74) is 13.2. The molecule has 0 radical (unpaired) electrons. The first-order chi connectivity index (χ1) is 24.9. The smallest absolute Gasteiger partial charge is 0.160 e. The number of amidine groups is 1. The van der Waals surface area contributed by atoms with E-state index in [0.29, 0.717) is 11.5 Å². The minimum atomic E-state index is -0.105. The Morgan fingerprint density at radius 1 is 0.569 bits per heavy atom. The molecule has 1 heterocycles. The van der Waals surface area contributed by atoms with E-state index in [2.05, 4.69) is 134 Å². The molecule has 1 aliphatic carbocycles. The van der Waals surface area contributed by atoms with Gasteiger partial charge in [-0.05, 0) is 64.2 Å². The van der Waals surface area contributed by atoms with Crippen molar-refractivity contribution < 1.29 is 0 Å². The largest absolute Gasteiger partial charge is 0.309 e. The highest BCUT2D eigenvalue weighted by Crippen LogP contribution is 2.52. The van der Waals surface area contributed by atoms with Crippen molar-refractivity contribution in [1.29, 1.82) is 0 Å². The number of benzene rings is 7. The maximum atomic E-state index is 5.08. The number of fused-ring (bicyclic) bond motifs is 6. The van der Waals surface area contributed by atoms with Gasteiger partial charge < -0.3 is 4.57 Å². The van der Waals surface area contributed by atoms with Gasteiger partial charge in [0.1, 0.15) is 0 Å². The maximum absolute atomic E-state index is 5.08. The van der Waals surface area contributed by atoms with Crippen LogP contribution in [-0.4, -0.2) is 16.1 Å². The molecule has 0 spiro atoms. The van der Waals surface area contributed by atoms with Crippen molar-refractivity contribution in [3.63, 3.8) is 0 Å². The van der Waals surface area contributed by atoms with Gasteiger partial charge in [-0.2, -0.15) is 0 Å². The number of aromatic nitrogens is 1. The van der Waals surface area contributed by atoms with E-state index in [1.807, 2.05) is 55.5 Å². The van der Waals surface area contributed by atoms with Gasteiger partial charge in [0.2, 0.25) is 0 Å². The summed E-state index contributed by atoms with van der Waals surface area (Å²) >= 11 is 0. The van der Waals surface area contributed by atoms with Crippen molar-refractivity contribution in [2.75, 3.05) is 0 Å². The van der Waals surface area contributed by atoms with Crippen molar-refractivity contribution >= 4 is 49.8 Å². The van der Waals surface area contributed by atoms with E-state index in [0.717, 1.165) is 28.1 Å². The van der Waals surface area contributed by atoms with Crippen LogP contribution in [0.2, 0.25) is 0 Å². The molecule has 0 N–H and O–H groups in total. The highest BCUT2D eigenvalue weighted by atomic mass is 15.0. The van der Waals surface area contributed by atoms with E-state index in [1.54, 1.807) is 0 Å². The van der Waals surface area contributed by atoms with E-state index in [-0.39, 0.29) is 5.41 Å². The number of hydrogen-bond donors (Lipinski definition) is 0. The fourth-order valence-electron chi connectivity index (χ4n) is 8.02. The summed E-state index contributed by atoms with van der Waals surface area (Å²) in [6, 6.07) is 55.9. The van der Waals surface area contributed by atoms with E-state index < -0.39 is 0 Å². The molecular weight excluding hydrogens is 619 g/mol. The molecule has 0 amide bonds. The Kier molecular flexibility index (Phi) is 7.18. The first kappa shape index (κ1) is 30.7. The molecule has 0 aliphatic heterocycles. The second kappa shape index (κ2) is 11.9. The summed E-state index contributed by atoms with van der Waals surface area (Å²) in [5, 5.41) is 5.14. The van der Waals surface area contributed by atoms with Crippen molar-refractivity contribution in [3.8, 4) is 16.8 Å². The monoisotopic (exact) mass is 655 g/mol. The lowest BCUT2D eigenvalue weighted by Crippen LogP contribution is -2.23. The summed E-state index contributed by atoms with van der Waals surface area (Å²) in [7, 11) is 0. The zero-order valence-electron chi connectivity index (χ0n) is 29.1. The second-order valence-corrected chi connectivity index (χ2v) is 13.9. The van der Waals surface area contributed by atoms with Gasteiger partial charge in [0.25, 0.3) is 0 Å². The Labute approximate surface area is 298 Å². The zero-order valence-corrected chi connectivity index (χ0v) is 29.1. The normalized spacial score (nSPS) is 13.9. The third-order valence-corrected chi connectivity index (χ3v) is 10.5. The van der Waals surface area contributed by atoms with Crippen molar-refractivity contribution in [2.24, 2.45) is 9.98 Å². The number of nitrogens with zero attached hydrogens (tertiary/aromatic N) is 3. The number of rotatable bonds is 5. The van der Waals surface area contributed by atoms with Crippen LogP contribution >= 0.6 is 0 Å². The molecule has 0 saturated carbocycles. The highest BCUT2D eigenvalue weighted by molar-refractivity contribution is 6.24. The van der Waals surface area contributed by atoms with Crippen LogP contribution in [-0.2, 0) is 5.41 Å². The van der Waals surface area contributed by atoms with Crippen molar-refractivity contribution in [3.05, 3.63) is 192 Å². The average molecular weight is 656 g/mol. The molecule has 0 saturated heterocycles.